The van der Waals surface area contributed by atoms with Crippen molar-refractivity contribution in [2.45, 2.75) is 13.3 Å². The summed E-state index contributed by atoms with van der Waals surface area (Å²) in [5, 5.41) is 0. The van der Waals surface area contributed by atoms with E-state index in [1.807, 2.05) is 12.1 Å². The molecule has 138 valence electrons. The summed E-state index contributed by atoms with van der Waals surface area (Å²) in [6, 6.07) is 25.5. The molecule has 0 atom stereocenters. The number of hydrogen-bond donors (Lipinski definition) is 0. The molecular formula is C27H21N2+. The minimum atomic E-state index is 0.714. The Kier molecular flexibility index (Phi) is 4.03. The van der Waals surface area contributed by atoms with Crippen molar-refractivity contribution in [3.8, 4) is 33.5 Å². The van der Waals surface area contributed by atoms with Crippen LogP contribution in [0.1, 0.15) is 16.7 Å². The minimum Gasteiger partial charge on any atom is -0.238 e. The Morgan fingerprint density at radius 3 is 2.45 bits per heavy atom. The number of aromatic nitrogens is 1. The molecule has 5 rings (SSSR count). The molecule has 0 N–H and O–H groups in total. The smallest absolute Gasteiger partial charge is 0.213 e. The lowest BCUT2D eigenvalue weighted by atomic mass is 9.93. The summed E-state index contributed by atoms with van der Waals surface area (Å²) in [7, 11) is 2.11. The molecule has 1 aliphatic rings. The van der Waals surface area contributed by atoms with Crippen LogP contribution >= 0.6 is 0 Å². The highest BCUT2D eigenvalue weighted by molar-refractivity contribution is 5.86. The molecule has 2 nitrogen and oxygen atoms in total. The molecule has 0 radical (unpaired) electrons. The van der Waals surface area contributed by atoms with Gasteiger partial charge in [-0.15, -0.1) is 0 Å². The molecule has 0 bridgehead atoms. The minimum absolute atomic E-state index is 0.714. The van der Waals surface area contributed by atoms with Crippen LogP contribution in [-0.4, -0.2) is 0 Å². The van der Waals surface area contributed by atoms with Crippen LogP contribution in [0.15, 0.2) is 79.0 Å². The van der Waals surface area contributed by atoms with Gasteiger partial charge in [-0.05, 0) is 52.3 Å². The molecule has 0 spiro atoms. The van der Waals surface area contributed by atoms with Gasteiger partial charge in [0, 0.05) is 12.1 Å². The number of hydrogen-bond acceptors (Lipinski definition) is 0. The van der Waals surface area contributed by atoms with E-state index >= 15 is 0 Å². The first-order valence-electron chi connectivity index (χ1n) is 9.84. The summed E-state index contributed by atoms with van der Waals surface area (Å²) in [5.74, 6) is 0. The average Bonchev–Trinajstić information content (AvgIpc) is 3.12. The first-order chi connectivity index (χ1) is 14.2. The number of aryl methyl sites for hydroxylation is 2. The molecule has 0 saturated heterocycles. The quantitative estimate of drug-likeness (QED) is 0.254. The van der Waals surface area contributed by atoms with Crippen LogP contribution < -0.4 is 4.57 Å². The number of rotatable bonds is 2. The lowest BCUT2D eigenvalue weighted by Gasteiger charge is -2.12. The van der Waals surface area contributed by atoms with Gasteiger partial charge in [0.2, 0.25) is 5.69 Å². The fraction of sp³-hybridized carbons (Fsp3) is 0.111. The van der Waals surface area contributed by atoms with Gasteiger partial charge in [0.25, 0.3) is 0 Å². The highest BCUT2D eigenvalue weighted by Crippen LogP contribution is 2.43. The Morgan fingerprint density at radius 1 is 0.862 bits per heavy atom. The third-order valence-corrected chi connectivity index (χ3v) is 5.91. The molecule has 3 aromatic carbocycles. The fourth-order valence-corrected chi connectivity index (χ4v) is 4.43. The third-order valence-electron chi connectivity index (χ3n) is 5.91. The first-order valence-corrected chi connectivity index (χ1v) is 9.84. The van der Waals surface area contributed by atoms with Gasteiger partial charge in [0.1, 0.15) is 7.05 Å². The Labute approximate surface area is 171 Å². The topological polar surface area (TPSA) is 8.24 Å². The van der Waals surface area contributed by atoms with Gasteiger partial charge >= 0.3 is 0 Å². The summed E-state index contributed by atoms with van der Waals surface area (Å²) < 4.78 is 2.21. The second kappa shape index (κ2) is 6.72. The van der Waals surface area contributed by atoms with Crippen molar-refractivity contribution >= 4 is 5.69 Å². The highest BCUT2D eigenvalue weighted by Gasteiger charge is 2.26. The predicted octanol–water partition coefficient (Wildman–Crippen LogP) is 6.28. The zero-order chi connectivity index (χ0) is 20.0. The van der Waals surface area contributed by atoms with Gasteiger partial charge in [0.15, 0.2) is 11.9 Å². The summed E-state index contributed by atoms with van der Waals surface area (Å²) in [6.07, 6.45) is 3.02. The van der Waals surface area contributed by atoms with Crippen molar-refractivity contribution < 1.29 is 4.57 Å². The van der Waals surface area contributed by atoms with Crippen molar-refractivity contribution in [3.63, 3.8) is 0 Å². The van der Waals surface area contributed by atoms with Crippen molar-refractivity contribution in [2.24, 2.45) is 7.05 Å². The number of benzene rings is 3. The van der Waals surface area contributed by atoms with Gasteiger partial charge in [0.05, 0.1) is 12.1 Å². The molecule has 0 amide bonds. The molecule has 4 aromatic rings. The zero-order valence-electron chi connectivity index (χ0n) is 16.6. The van der Waals surface area contributed by atoms with E-state index in [-0.39, 0.29) is 0 Å². The second-order valence-electron chi connectivity index (χ2n) is 7.69. The van der Waals surface area contributed by atoms with E-state index in [4.69, 9.17) is 6.57 Å². The van der Waals surface area contributed by atoms with Gasteiger partial charge in [-0.25, -0.2) is 9.41 Å². The van der Waals surface area contributed by atoms with Crippen LogP contribution in [0.5, 0.6) is 0 Å². The van der Waals surface area contributed by atoms with Crippen LogP contribution in [0.3, 0.4) is 0 Å². The van der Waals surface area contributed by atoms with Gasteiger partial charge in [-0.3, -0.25) is 0 Å². The van der Waals surface area contributed by atoms with Crippen LogP contribution in [0.2, 0.25) is 0 Å². The summed E-state index contributed by atoms with van der Waals surface area (Å²) in [5.41, 5.74) is 12.1. The highest BCUT2D eigenvalue weighted by atomic mass is 14.9. The summed E-state index contributed by atoms with van der Waals surface area (Å²) in [6.45, 7) is 9.53. The number of nitrogens with zero attached hydrogens (tertiary/aromatic N) is 2. The molecule has 29 heavy (non-hydrogen) atoms. The van der Waals surface area contributed by atoms with E-state index in [0.29, 0.717) is 5.69 Å². The van der Waals surface area contributed by atoms with Crippen molar-refractivity contribution in [3.05, 3.63) is 107 Å². The zero-order valence-corrected chi connectivity index (χ0v) is 16.6. The SMILES string of the molecule is [C-]#[N+]c1ccc2c(c1)Cc1c-2ccc(C)c1-c1cc(-c2ccccc2)cc[n+]1C. The van der Waals surface area contributed by atoms with E-state index in [1.54, 1.807) is 0 Å². The van der Waals surface area contributed by atoms with E-state index in [9.17, 15) is 0 Å². The van der Waals surface area contributed by atoms with Crippen molar-refractivity contribution in [1.29, 1.82) is 0 Å². The largest absolute Gasteiger partial charge is 0.238 e. The van der Waals surface area contributed by atoms with Gasteiger partial charge in [-0.2, -0.15) is 0 Å². The Balaban J connectivity index is 1.71. The molecule has 0 fully saturated rings. The van der Waals surface area contributed by atoms with E-state index in [0.717, 1.165) is 6.42 Å². The van der Waals surface area contributed by atoms with E-state index in [2.05, 4.69) is 90.2 Å². The van der Waals surface area contributed by atoms with E-state index in [1.165, 1.54) is 50.2 Å². The van der Waals surface area contributed by atoms with Gasteiger partial charge in [-0.1, -0.05) is 60.7 Å². The Hall–Kier alpha value is -3.70. The Bertz CT molecular complexity index is 1290. The lowest BCUT2D eigenvalue weighted by Crippen LogP contribution is -2.31. The predicted molar refractivity (Wildman–Crippen MR) is 118 cm³/mol. The van der Waals surface area contributed by atoms with Crippen molar-refractivity contribution in [1.82, 2.24) is 0 Å². The van der Waals surface area contributed by atoms with Crippen molar-refractivity contribution in [2.75, 3.05) is 0 Å². The lowest BCUT2D eigenvalue weighted by molar-refractivity contribution is -0.660. The molecule has 0 aliphatic heterocycles. The standard InChI is InChI=1S/C27H21N2/c1-18-9-11-24-23-12-10-22(28-2)15-21(23)16-25(24)27(18)26-17-20(13-14-29(26)3)19-7-5-4-6-8-19/h4-15,17H,16H2,1,3H3/q+1. The second-order valence-corrected chi connectivity index (χ2v) is 7.69. The maximum Gasteiger partial charge on any atom is 0.213 e. The van der Waals surface area contributed by atoms with E-state index < -0.39 is 0 Å². The molecule has 2 heteroatoms. The van der Waals surface area contributed by atoms with Crippen LogP contribution in [0.25, 0.3) is 38.4 Å². The first kappa shape index (κ1) is 17.4. The average molecular weight is 373 g/mol. The molecule has 1 aromatic heterocycles. The van der Waals surface area contributed by atoms with Crippen LogP contribution in [-0.2, 0) is 13.5 Å². The fourth-order valence-electron chi connectivity index (χ4n) is 4.43. The van der Waals surface area contributed by atoms with Crippen LogP contribution in [0, 0.1) is 13.5 Å². The molecule has 0 saturated carbocycles. The molecule has 1 aliphatic carbocycles. The molecular weight excluding hydrogens is 352 g/mol. The third kappa shape index (κ3) is 2.83. The van der Waals surface area contributed by atoms with Crippen LogP contribution in [0.4, 0.5) is 5.69 Å². The normalized spacial score (nSPS) is 11.6. The summed E-state index contributed by atoms with van der Waals surface area (Å²) >= 11 is 0. The molecule has 0 unspecified atom stereocenters. The molecule has 1 heterocycles. The maximum absolute atomic E-state index is 7.33. The summed E-state index contributed by atoms with van der Waals surface area (Å²) in [4.78, 5) is 3.61. The number of pyridine rings is 1. The monoisotopic (exact) mass is 373 g/mol. The maximum atomic E-state index is 7.33. The van der Waals surface area contributed by atoms with Gasteiger partial charge < -0.3 is 0 Å². The Morgan fingerprint density at radius 2 is 1.66 bits per heavy atom. The number of fused-ring (bicyclic) bond motifs is 3.